The maximum atomic E-state index is 5.45. The van der Waals surface area contributed by atoms with E-state index < -0.39 is 0 Å². The number of hydrogen-bond acceptors (Lipinski definition) is 2. The van der Waals surface area contributed by atoms with Gasteiger partial charge >= 0.3 is 0 Å². The summed E-state index contributed by atoms with van der Waals surface area (Å²) >= 11 is 0. The highest BCUT2D eigenvalue weighted by Gasteiger charge is 2.24. The van der Waals surface area contributed by atoms with E-state index in [1.807, 2.05) is 0 Å². The molecule has 0 aromatic heterocycles. The smallest absolute Gasteiger partial charge is 0.0509 e. The summed E-state index contributed by atoms with van der Waals surface area (Å²) in [5, 5.41) is 3.82. The van der Waals surface area contributed by atoms with Crippen LogP contribution in [0.25, 0.3) is 0 Å². The molecule has 0 aromatic carbocycles. The van der Waals surface area contributed by atoms with Gasteiger partial charge < -0.3 is 10.1 Å². The molecule has 1 N–H and O–H groups in total. The van der Waals surface area contributed by atoms with Crippen LogP contribution in [-0.2, 0) is 4.74 Å². The predicted molar refractivity (Wildman–Crippen MR) is 63.0 cm³/mol. The molecule has 0 spiro atoms. The highest BCUT2D eigenvalue weighted by molar-refractivity contribution is 4.80. The fourth-order valence-electron chi connectivity index (χ4n) is 2.90. The molecular weight excluding hydrogens is 186 g/mol. The Balaban J connectivity index is 1.73. The molecular formula is C13H25NO. The zero-order chi connectivity index (χ0) is 10.5. The van der Waals surface area contributed by atoms with Gasteiger partial charge in [0, 0.05) is 18.7 Å². The van der Waals surface area contributed by atoms with Crippen LogP contribution in [0.15, 0.2) is 0 Å². The molecule has 2 heteroatoms. The molecule has 1 saturated carbocycles. The van der Waals surface area contributed by atoms with E-state index in [1.54, 1.807) is 0 Å². The van der Waals surface area contributed by atoms with Crippen molar-refractivity contribution in [3.8, 4) is 0 Å². The summed E-state index contributed by atoms with van der Waals surface area (Å²) in [7, 11) is 0. The van der Waals surface area contributed by atoms with Gasteiger partial charge in [-0.3, -0.25) is 0 Å². The van der Waals surface area contributed by atoms with Crippen LogP contribution in [-0.4, -0.2) is 25.3 Å². The number of hydrogen-bond donors (Lipinski definition) is 1. The van der Waals surface area contributed by atoms with Crippen molar-refractivity contribution in [3.05, 3.63) is 0 Å². The molecule has 2 rings (SSSR count). The fourth-order valence-corrected chi connectivity index (χ4v) is 2.90. The first-order valence-corrected chi connectivity index (χ1v) is 6.70. The average Bonchev–Trinajstić information content (AvgIpc) is 2.65. The minimum atomic E-state index is 0.649. The lowest BCUT2D eigenvalue weighted by molar-refractivity contribution is 0.176. The van der Waals surface area contributed by atoms with E-state index in [4.69, 9.17) is 4.74 Å². The van der Waals surface area contributed by atoms with Gasteiger partial charge in [-0.1, -0.05) is 25.7 Å². The van der Waals surface area contributed by atoms with Crippen molar-refractivity contribution in [3.63, 3.8) is 0 Å². The summed E-state index contributed by atoms with van der Waals surface area (Å²) < 4.78 is 5.45. The van der Waals surface area contributed by atoms with Crippen molar-refractivity contribution in [1.29, 1.82) is 0 Å². The molecule has 2 unspecified atom stereocenters. The summed E-state index contributed by atoms with van der Waals surface area (Å²) in [4.78, 5) is 0. The number of nitrogens with one attached hydrogen (secondary N) is 1. The van der Waals surface area contributed by atoms with E-state index in [2.05, 4.69) is 12.2 Å². The molecule has 88 valence electrons. The Morgan fingerprint density at radius 3 is 2.40 bits per heavy atom. The Hall–Kier alpha value is -0.0800. The van der Waals surface area contributed by atoms with Gasteiger partial charge in [-0.25, -0.2) is 0 Å². The van der Waals surface area contributed by atoms with Gasteiger partial charge in [-0.2, -0.15) is 0 Å². The van der Waals surface area contributed by atoms with Crippen molar-refractivity contribution < 1.29 is 4.74 Å². The lowest BCUT2D eigenvalue weighted by Crippen LogP contribution is -2.41. The third kappa shape index (κ3) is 3.46. The van der Waals surface area contributed by atoms with Crippen molar-refractivity contribution in [1.82, 2.24) is 5.32 Å². The molecule has 1 heterocycles. The van der Waals surface area contributed by atoms with E-state index in [9.17, 15) is 0 Å². The monoisotopic (exact) mass is 211 g/mol. The molecule has 1 saturated heterocycles. The maximum Gasteiger partial charge on any atom is 0.0509 e. The first-order chi connectivity index (χ1) is 7.36. The van der Waals surface area contributed by atoms with E-state index in [1.165, 1.54) is 44.9 Å². The standard InChI is InChI=1S/C13H25NO/c1-11(12-8-9-15-10-12)14-13-6-4-2-3-5-7-13/h11-14H,2-10H2,1H3. The lowest BCUT2D eigenvalue weighted by Gasteiger charge is -2.25. The van der Waals surface area contributed by atoms with Crippen molar-refractivity contribution in [2.75, 3.05) is 13.2 Å². The van der Waals surface area contributed by atoms with Crippen molar-refractivity contribution in [2.45, 2.75) is 64.0 Å². The third-order valence-electron chi connectivity index (χ3n) is 4.03. The second-order valence-electron chi connectivity index (χ2n) is 5.27. The third-order valence-corrected chi connectivity index (χ3v) is 4.03. The first kappa shape index (κ1) is 11.4. The first-order valence-electron chi connectivity index (χ1n) is 6.70. The van der Waals surface area contributed by atoms with Gasteiger partial charge in [0.05, 0.1) is 6.61 Å². The van der Waals surface area contributed by atoms with E-state index >= 15 is 0 Å². The van der Waals surface area contributed by atoms with Gasteiger partial charge in [0.15, 0.2) is 0 Å². The Kier molecular flexibility index (Phi) is 4.45. The van der Waals surface area contributed by atoms with Crippen LogP contribution in [0, 0.1) is 5.92 Å². The largest absolute Gasteiger partial charge is 0.381 e. The average molecular weight is 211 g/mol. The van der Waals surface area contributed by atoms with Crippen LogP contribution in [0.4, 0.5) is 0 Å². The zero-order valence-electron chi connectivity index (χ0n) is 10.0. The summed E-state index contributed by atoms with van der Waals surface area (Å²) in [6, 6.07) is 1.43. The number of rotatable bonds is 3. The van der Waals surface area contributed by atoms with Crippen molar-refractivity contribution in [2.24, 2.45) is 5.92 Å². The second kappa shape index (κ2) is 5.86. The van der Waals surface area contributed by atoms with E-state index in [0.717, 1.165) is 25.2 Å². The van der Waals surface area contributed by atoms with Crippen LogP contribution in [0.2, 0.25) is 0 Å². The van der Waals surface area contributed by atoms with Crippen LogP contribution < -0.4 is 5.32 Å². The van der Waals surface area contributed by atoms with Crippen LogP contribution >= 0.6 is 0 Å². The van der Waals surface area contributed by atoms with Crippen molar-refractivity contribution >= 4 is 0 Å². The Morgan fingerprint density at radius 2 is 1.80 bits per heavy atom. The van der Waals surface area contributed by atoms with Gasteiger partial charge in [-0.15, -0.1) is 0 Å². The minimum absolute atomic E-state index is 0.649. The molecule has 0 amide bonds. The van der Waals surface area contributed by atoms with Crippen LogP contribution in [0.1, 0.15) is 51.9 Å². The number of ether oxygens (including phenoxy) is 1. The molecule has 0 radical (unpaired) electrons. The summed E-state index contributed by atoms with van der Waals surface area (Å²) in [5.41, 5.74) is 0. The molecule has 0 bridgehead atoms. The Bertz CT molecular complexity index is 169. The van der Waals surface area contributed by atoms with Crippen LogP contribution in [0.5, 0.6) is 0 Å². The topological polar surface area (TPSA) is 21.3 Å². The molecule has 2 atom stereocenters. The molecule has 0 aromatic rings. The van der Waals surface area contributed by atoms with Gasteiger partial charge in [0.1, 0.15) is 0 Å². The highest BCUT2D eigenvalue weighted by Crippen LogP contribution is 2.21. The van der Waals surface area contributed by atoms with E-state index in [-0.39, 0.29) is 0 Å². The molecule has 2 aliphatic rings. The van der Waals surface area contributed by atoms with Gasteiger partial charge in [0.25, 0.3) is 0 Å². The summed E-state index contributed by atoms with van der Waals surface area (Å²) in [6.45, 7) is 4.28. The Labute approximate surface area is 93.8 Å². The molecule has 1 aliphatic heterocycles. The van der Waals surface area contributed by atoms with Crippen LogP contribution in [0.3, 0.4) is 0 Å². The minimum Gasteiger partial charge on any atom is -0.381 e. The molecule has 15 heavy (non-hydrogen) atoms. The maximum absolute atomic E-state index is 5.45. The zero-order valence-corrected chi connectivity index (χ0v) is 10.0. The van der Waals surface area contributed by atoms with Gasteiger partial charge in [0.2, 0.25) is 0 Å². The quantitative estimate of drug-likeness (QED) is 0.725. The SMILES string of the molecule is CC(NC1CCCCCC1)C1CCOC1. The van der Waals surface area contributed by atoms with E-state index in [0.29, 0.717) is 6.04 Å². The lowest BCUT2D eigenvalue weighted by atomic mass is 9.98. The molecule has 2 nitrogen and oxygen atoms in total. The highest BCUT2D eigenvalue weighted by atomic mass is 16.5. The fraction of sp³-hybridized carbons (Fsp3) is 1.00. The Morgan fingerprint density at radius 1 is 1.07 bits per heavy atom. The second-order valence-corrected chi connectivity index (χ2v) is 5.27. The normalized spacial score (nSPS) is 31.4. The molecule has 2 fully saturated rings. The summed E-state index contributed by atoms with van der Waals surface area (Å²) in [6.07, 6.45) is 9.76. The summed E-state index contributed by atoms with van der Waals surface area (Å²) in [5.74, 6) is 0.758. The van der Waals surface area contributed by atoms with Gasteiger partial charge in [-0.05, 0) is 32.1 Å². The predicted octanol–water partition coefficient (Wildman–Crippen LogP) is 2.72. The molecule has 1 aliphatic carbocycles.